The van der Waals surface area contributed by atoms with Crippen LogP contribution in [0.15, 0.2) is 35.8 Å². The number of benzene rings is 1. The fourth-order valence-electron chi connectivity index (χ4n) is 2.29. The highest BCUT2D eigenvalue weighted by atomic mass is 32.1. The van der Waals surface area contributed by atoms with E-state index in [0.29, 0.717) is 6.42 Å². The van der Waals surface area contributed by atoms with E-state index in [0.717, 1.165) is 22.8 Å². The number of para-hydroxylation sites is 1. The number of nitrogens with zero attached hydrogens (tertiary/aromatic N) is 3. The Morgan fingerprint density at radius 1 is 1.37 bits per heavy atom. The van der Waals surface area contributed by atoms with E-state index in [-0.39, 0.29) is 0 Å². The van der Waals surface area contributed by atoms with E-state index in [9.17, 15) is 0 Å². The summed E-state index contributed by atoms with van der Waals surface area (Å²) < 4.78 is 2.14. The molecule has 3 rings (SSSR count). The van der Waals surface area contributed by atoms with Crippen molar-refractivity contribution in [3.63, 3.8) is 0 Å². The summed E-state index contributed by atoms with van der Waals surface area (Å²) in [5.41, 5.74) is 3.34. The Labute approximate surface area is 115 Å². The number of aryl methyl sites for hydroxylation is 2. The standard InChI is InChI=1S/C15H13N3S/c1-11-17-14(10-19-11)13-9-18(8-4-7-16)15-6-3-2-5-12(13)15/h2-3,5-6,9-10H,4,8H2,1H3. The topological polar surface area (TPSA) is 41.6 Å². The van der Waals surface area contributed by atoms with Crippen LogP contribution in [0.5, 0.6) is 0 Å². The lowest BCUT2D eigenvalue weighted by atomic mass is 10.1. The van der Waals surface area contributed by atoms with Crippen LogP contribution in [0.3, 0.4) is 0 Å². The summed E-state index contributed by atoms with van der Waals surface area (Å²) in [7, 11) is 0. The fraction of sp³-hybridized carbons (Fsp3) is 0.200. The molecule has 0 aliphatic rings. The van der Waals surface area contributed by atoms with Gasteiger partial charge >= 0.3 is 0 Å². The van der Waals surface area contributed by atoms with Crippen LogP contribution in [0.4, 0.5) is 0 Å². The number of rotatable bonds is 3. The number of aromatic nitrogens is 2. The zero-order chi connectivity index (χ0) is 13.2. The van der Waals surface area contributed by atoms with Gasteiger partial charge in [0.15, 0.2) is 0 Å². The quantitative estimate of drug-likeness (QED) is 0.720. The SMILES string of the molecule is Cc1nc(-c2cn(CCC#N)c3ccccc23)cs1. The average Bonchev–Trinajstić information content (AvgIpc) is 3.00. The van der Waals surface area contributed by atoms with Crippen LogP contribution in [0.2, 0.25) is 0 Å². The molecule has 0 N–H and O–H groups in total. The summed E-state index contributed by atoms with van der Waals surface area (Å²) in [6.45, 7) is 2.74. The van der Waals surface area contributed by atoms with Crippen LogP contribution >= 0.6 is 11.3 Å². The molecule has 0 atom stereocenters. The van der Waals surface area contributed by atoms with Gasteiger partial charge in [-0.2, -0.15) is 5.26 Å². The number of hydrogen-bond donors (Lipinski definition) is 0. The smallest absolute Gasteiger partial charge is 0.0901 e. The first kappa shape index (κ1) is 11.9. The second-order valence-electron chi connectivity index (χ2n) is 4.41. The van der Waals surface area contributed by atoms with Gasteiger partial charge in [-0.25, -0.2) is 4.98 Å². The number of thiazole rings is 1. The van der Waals surface area contributed by atoms with Crippen molar-refractivity contribution in [3.05, 3.63) is 40.8 Å². The van der Waals surface area contributed by atoms with Gasteiger partial charge in [-0.15, -0.1) is 11.3 Å². The minimum atomic E-state index is 0.522. The lowest BCUT2D eigenvalue weighted by Crippen LogP contribution is -1.93. The van der Waals surface area contributed by atoms with Crippen molar-refractivity contribution in [1.29, 1.82) is 5.26 Å². The van der Waals surface area contributed by atoms with Gasteiger partial charge in [0.2, 0.25) is 0 Å². The van der Waals surface area contributed by atoms with E-state index >= 15 is 0 Å². The Morgan fingerprint density at radius 2 is 2.21 bits per heavy atom. The molecule has 0 spiro atoms. The van der Waals surface area contributed by atoms with E-state index < -0.39 is 0 Å². The summed E-state index contributed by atoms with van der Waals surface area (Å²) in [6.07, 6.45) is 2.63. The Kier molecular flexibility index (Phi) is 3.06. The minimum Gasteiger partial charge on any atom is -0.346 e. The van der Waals surface area contributed by atoms with E-state index in [1.165, 1.54) is 10.9 Å². The Hall–Kier alpha value is -2.12. The van der Waals surface area contributed by atoms with E-state index in [1.54, 1.807) is 11.3 Å². The van der Waals surface area contributed by atoms with E-state index in [2.05, 4.69) is 39.3 Å². The molecule has 4 heteroatoms. The van der Waals surface area contributed by atoms with Crippen LogP contribution in [0.1, 0.15) is 11.4 Å². The van der Waals surface area contributed by atoms with Gasteiger partial charge in [-0.1, -0.05) is 18.2 Å². The molecule has 0 bridgehead atoms. The molecule has 0 aliphatic carbocycles. The number of nitriles is 1. The zero-order valence-corrected chi connectivity index (χ0v) is 11.4. The molecule has 0 radical (unpaired) electrons. The van der Waals surface area contributed by atoms with Crippen LogP contribution in [0.25, 0.3) is 22.2 Å². The first-order valence-electron chi connectivity index (χ1n) is 6.17. The van der Waals surface area contributed by atoms with Gasteiger partial charge in [0.1, 0.15) is 0 Å². The largest absolute Gasteiger partial charge is 0.346 e. The molecule has 0 fully saturated rings. The van der Waals surface area contributed by atoms with Gasteiger partial charge in [-0.05, 0) is 13.0 Å². The van der Waals surface area contributed by atoms with Crippen molar-refractivity contribution in [2.45, 2.75) is 19.9 Å². The lowest BCUT2D eigenvalue weighted by molar-refractivity contribution is 0.745. The third-order valence-corrected chi connectivity index (χ3v) is 3.92. The summed E-state index contributed by atoms with van der Waals surface area (Å²) in [5, 5.41) is 13.1. The highest BCUT2D eigenvalue weighted by molar-refractivity contribution is 7.09. The maximum atomic E-state index is 8.75. The Balaban J connectivity index is 2.17. The van der Waals surface area contributed by atoms with Crippen LogP contribution in [0, 0.1) is 18.3 Å². The fourth-order valence-corrected chi connectivity index (χ4v) is 2.91. The van der Waals surface area contributed by atoms with Gasteiger partial charge < -0.3 is 4.57 Å². The molecular formula is C15H13N3S. The second kappa shape index (κ2) is 4.87. The molecular weight excluding hydrogens is 254 g/mol. The third kappa shape index (κ3) is 2.13. The van der Waals surface area contributed by atoms with Crippen molar-refractivity contribution in [3.8, 4) is 17.3 Å². The summed E-state index contributed by atoms with van der Waals surface area (Å²) in [4.78, 5) is 4.56. The monoisotopic (exact) mass is 267 g/mol. The Morgan fingerprint density at radius 3 is 2.95 bits per heavy atom. The molecule has 0 amide bonds. The number of hydrogen-bond acceptors (Lipinski definition) is 3. The normalized spacial score (nSPS) is 10.7. The van der Waals surface area contributed by atoms with Crippen molar-refractivity contribution < 1.29 is 0 Å². The molecule has 94 valence electrons. The highest BCUT2D eigenvalue weighted by Gasteiger charge is 2.11. The molecule has 0 unspecified atom stereocenters. The zero-order valence-electron chi connectivity index (χ0n) is 10.6. The van der Waals surface area contributed by atoms with Crippen LogP contribution in [-0.2, 0) is 6.54 Å². The van der Waals surface area contributed by atoms with Gasteiger partial charge in [0.05, 0.1) is 23.2 Å². The van der Waals surface area contributed by atoms with Gasteiger partial charge in [-0.3, -0.25) is 0 Å². The maximum absolute atomic E-state index is 8.75. The Bertz CT molecular complexity index is 761. The van der Waals surface area contributed by atoms with Gasteiger partial charge in [0.25, 0.3) is 0 Å². The number of fused-ring (bicyclic) bond motifs is 1. The van der Waals surface area contributed by atoms with Crippen molar-refractivity contribution in [2.24, 2.45) is 0 Å². The predicted molar refractivity (Wildman–Crippen MR) is 78.0 cm³/mol. The minimum absolute atomic E-state index is 0.522. The van der Waals surface area contributed by atoms with Crippen LogP contribution < -0.4 is 0 Å². The highest BCUT2D eigenvalue weighted by Crippen LogP contribution is 2.31. The molecule has 2 heterocycles. The summed E-state index contributed by atoms with van der Waals surface area (Å²) >= 11 is 1.66. The summed E-state index contributed by atoms with van der Waals surface area (Å²) in [5.74, 6) is 0. The van der Waals surface area contributed by atoms with E-state index in [4.69, 9.17) is 5.26 Å². The molecule has 0 saturated carbocycles. The molecule has 0 saturated heterocycles. The molecule has 2 aromatic heterocycles. The van der Waals surface area contributed by atoms with E-state index in [1.807, 2.05) is 19.1 Å². The van der Waals surface area contributed by atoms with Crippen LogP contribution in [-0.4, -0.2) is 9.55 Å². The van der Waals surface area contributed by atoms with Crippen molar-refractivity contribution in [2.75, 3.05) is 0 Å². The van der Waals surface area contributed by atoms with Crippen molar-refractivity contribution in [1.82, 2.24) is 9.55 Å². The first-order valence-corrected chi connectivity index (χ1v) is 7.05. The predicted octanol–water partition coefficient (Wildman–Crippen LogP) is 3.99. The maximum Gasteiger partial charge on any atom is 0.0901 e. The van der Waals surface area contributed by atoms with Gasteiger partial charge in [0, 0.05) is 34.6 Å². The molecule has 3 aromatic rings. The molecule has 1 aromatic carbocycles. The van der Waals surface area contributed by atoms with Crippen molar-refractivity contribution >= 4 is 22.2 Å². The molecule has 19 heavy (non-hydrogen) atoms. The summed E-state index contributed by atoms with van der Waals surface area (Å²) in [6, 6.07) is 10.5. The average molecular weight is 267 g/mol. The third-order valence-electron chi connectivity index (χ3n) is 3.15. The first-order chi connectivity index (χ1) is 9.29. The second-order valence-corrected chi connectivity index (χ2v) is 5.48. The molecule has 0 aliphatic heterocycles. The molecule has 3 nitrogen and oxygen atoms in total. The lowest BCUT2D eigenvalue weighted by Gasteiger charge is -2.00.